The molecule has 98 valence electrons. The summed E-state index contributed by atoms with van der Waals surface area (Å²) >= 11 is 8.12. The summed E-state index contributed by atoms with van der Waals surface area (Å²) in [7, 11) is 1.95. The van der Waals surface area contributed by atoms with Crippen molar-refractivity contribution in [3.05, 3.63) is 32.4 Å². The summed E-state index contributed by atoms with van der Waals surface area (Å²) < 4.78 is 0.919. The number of hydrogen-bond donors (Lipinski definition) is 1. The molecule has 0 spiro atoms. The van der Waals surface area contributed by atoms with Crippen LogP contribution in [0.5, 0.6) is 0 Å². The van der Waals surface area contributed by atoms with Gasteiger partial charge in [-0.2, -0.15) is 0 Å². The molecule has 5 heteroatoms. The predicted molar refractivity (Wildman–Crippen MR) is 82.2 cm³/mol. The van der Waals surface area contributed by atoms with Crippen LogP contribution >= 0.6 is 34.2 Å². The Labute approximate surface area is 126 Å². The van der Waals surface area contributed by atoms with Crippen molar-refractivity contribution in [1.82, 2.24) is 10.2 Å². The van der Waals surface area contributed by atoms with E-state index in [1.54, 1.807) is 12.1 Å². The van der Waals surface area contributed by atoms with E-state index in [1.807, 2.05) is 18.0 Å². The number of carbonyl (C=O) groups is 1. The molecule has 1 fully saturated rings. The van der Waals surface area contributed by atoms with E-state index in [0.29, 0.717) is 11.1 Å². The molecular formula is C13H16ClIN2O. The summed E-state index contributed by atoms with van der Waals surface area (Å²) in [5, 5.41) is 3.94. The molecule has 1 aromatic rings. The van der Waals surface area contributed by atoms with Crippen LogP contribution in [0.15, 0.2) is 18.2 Å². The minimum atomic E-state index is 0.101. The Kier molecular flexibility index (Phi) is 4.86. The van der Waals surface area contributed by atoms with E-state index in [9.17, 15) is 4.79 Å². The smallest absolute Gasteiger partial charge is 0.253 e. The standard InChI is InChI=1S/C13H16ClIN2O/c1-16-10-3-2-6-17(8-10)13(18)9-4-5-11(14)12(15)7-9/h4-5,7,10,16H,2-3,6,8H2,1H3. The number of likely N-dealkylation sites (tertiary alicyclic amines) is 1. The monoisotopic (exact) mass is 378 g/mol. The van der Waals surface area contributed by atoms with Crippen molar-refractivity contribution in [1.29, 1.82) is 0 Å². The first-order chi connectivity index (χ1) is 8.61. The van der Waals surface area contributed by atoms with Gasteiger partial charge in [0, 0.05) is 28.3 Å². The second kappa shape index (κ2) is 6.21. The molecule has 1 saturated heterocycles. The highest BCUT2D eigenvalue weighted by atomic mass is 127. The Hall–Kier alpha value is -0.330. The Balaban J connectivity index is 2.12. The van der Waals surface area contributed by atoms with Gasteiger partial charge in [0.15, 0.2) is 0 Å². The van der Waals surface area contributed by atoms with Gasteiger partial charge in [-0.25, -0.2) is 0 Å². The van der Waals surface area contributed by atoms with E-state index in [4.69, 9.17) is 11.6 Å². The molecule has 2 rings (SSSR count). The molecule has 1 heterocycles. The summed E-state index contributed by atoms with van der Waals surface area (Å²) in [5.41, 5.74) is 0.723. The molecular weight excluding hydrogens is 363 g/mol. The zero-order chi connectivity index (χ0) is 13.1. The number of rotatable bonds is 2. The summed E-state index contributed by atoms with van der Waals surface area (Å²) in [4.78, 5) is 14.3. The molecule has 18 heavy (non-hydrogen) atoms. The van der Waals surface area contributed by atoms with Gasteiger partial charge in [0.05, 0.1) is 5.02 Å². The maximum absolute atomic E-state index is 12.4. The van der Waals surface area contributed by atoms with Crippen molar-refractivity contribution >= 4 is 40.1 Å². The van der Waals surface area contributed by atoms with Crippen molar-refractivity contribution in [2.75, 3.05) is 20.1 Å². The molecule has 3 nitrogen and oxygen atoms in total. The Morgan fingerprint density at radius 3 is 3.00 bits per heavy atom. The van der Waals surface area contributed by atoms with Gasteiger partial charge in [0.1, 0.15) is 0 Å². The van der Waals surface area contributed by atoms with Crippen molar-refractivity contribution < 1.29 is 4.79 Å². The lowest BCUT2D eigenvalue weighted by molar-refractivity contribution is 0.0698. The van der Waals surface area contributed by atoms with Crippen LogP contribution < -0.4 is 5.32 Å². The number of amides is 1. The number of benzene rings is 1. The molecule has 1 aromatic carbocycles. The zero-order valence-electron chi connectivity index (χ0n) is 10.2. The molecule has 0 aromatic heterocycles. The van der Waals surface area contributed by atoms with Gasteiger partial charge >= 0.3 is 0 Å². The highest BCUT2D eigenvalue weighted by molar-refractivity contribution is 14.1. The maximum Gasteiger partial charge on any atom is 0.253 e. The highest BCUT2D eigenvalue weighted by Gasteiger charge is 2.23. The first-order valence-corrected chi connectivity index (χ1v) is 7.49. The van der Waals surface area contributed by atoms with Gasteiger partial charge in [-0.1, -0.05) is 11.6 Å². The Bertz CT molecular complexity index is 453. The van der Waals surface area contributed by atoms with E-state index in [2.05, 4.69) is 27.9 Å². The van der Waals surface area contributed by atoms with Crippen LogP contribution in [0.2, 0.25) is 5.02 Å². The molecule has 1 aliphatic heterocycles. The quantitative estimate of drug-likeness (QED) is 0.803. The minimum absolute atomic E-state index is 0.101. The first kappa shape index (κ1) is 14.1. The Morgan fingerprint density at radius 2 is 2.33 bits per heavy atom. The highest BCUT2D eigenvalue weighted by Crippen LogP contribution is 2.21. The fourth-order valence-electron chi connectivity index (χ4n) is 2.21. The molecule has 0 saturated carbocycles. The van der Waals surface area contributed by atoms with E-state index < -0.39 is 0 Å². The SMILES string of the molecule is CNC1CCCN(C(=O)c2ccc(Cl)c(I)c2)C1. The number of piperidine rings is 1. The van der Waals surface area contributed by atoms with E-state index >= 15 is 0 Å². The van der Waals surface area contributed by atoms with Gasteiger partial charge in [0.2, 0.25) is 0 Å². The van der Waals surface area contributed by atoms with Crippen LogP contribution in [-0.2, 0) is 0 Å². The number of likely N-dealkylation sites (N-methyl/N-ethyl adjacent to an activating group) is 1. The van der Waals surface area contributed by atoms with Crippen LogP contribution in [0.3, 0.4) is 0 Å². The molecule has 1 aliphatic rings. The van der Waals surface area contributed by atoms with Crippen LogP contribution in [0, 0.1) is 3.57 Å². The third-order valence-electron chi connectivity index (χ3n) is 3.28. The van der Waals surface area contributed by atoms with Gasteiger partial charge in [-0.05, 0) is 60.7 Å². The molecule has 1 amide bonds. The fraction of sp³-hybridized carbons (Fsp3) is 0.462. The minimum Gasteiger partial charge on any atom is -0.337 e. The normalized spacial score (nSPS) is 19.9. The van der Waals surface area contributed by atoms with E-state index in [1.165, 1.54) is 0 Å². The van der Waals surface area contributed by atoms with Crippen LogP contribution in [-0.4, -0.2) is 37.0 Å². The van der Waals surface area contributed by atoms with Gasteiger partial charge in [0.25, 0.3) is 5.91 Å². The summed E-state index contributed by atoms with van der Waals surface area (Å²) in [6.45, 7) is 1.63. The Morgan fingerprint density at radius 1 is 1.56 bits per heavy atom. The van der Waals surface area contributed by atoms with Crippen molar-refractivity contribution in [3.8, 4) is 0 Å². The number of hydrogen-bond acceptors (Lipinski definition) is 2. The van der Waals surface area contributed by atoms with Crippen LogP contribution in [0.4, 0.5) is 0 Å². The summed E-state index contributed by atoms with van der Waals surface area (Å²) in [6.07, 6.45) is 2.19. The first-order valence-electron chi connectivity index (χ1n) is 6.03. The third kappa shape index (κ3) is 3.16. The molecule has 1 atom stereocenters. The van der Waals surface area contributed by atoms with Gasteiger partial charge in [-0.3, -0.25) is 4.79 Å². The van der Waals surface area contributed by atoms with E-state index in [-0.39, 0.29) is 5.91 Å². The molecule has 0 radical (unpaired) electrons. The molecule has 0 bridgehead atoms. The number of halogens is 2. The lowest BCUT2D eigenvalue weighted by atomic mass is 10.0. The molecule has 1 unspecified atom stereocenters. The third-order valence-corrected chi connectivity index (χ3v) is 4.82. The second-order valence-corrected chi connectivity index (χ2v) is 6.08. The topological polar surface area (TPSA) is 32.3 Å². The second-order valence-electron chi connectivity index (χ2n) is 4.51. The predicted octanol–water partition coefficient (Wildman–Crippen LogP) is 2.77. The van der Waals surface area contributed by atoms with Crippen molar-refractivity contribution in [2.24, 2.45) is 0 Å². The molecule has 1 N–H and O–H groups in total. The van der Waals surface area contributed by atoms with E-state index in [0.717, 1.165) is 35.1 Å². The zero-order valence-corrected chi connectivity index (χ0v) is 13.2. The number of carbonyl (C=O) groups excluding carboxylic acids is 1. The summed E-state index contributed by atoms with van der Waals surface area (Å²) in [5.74, 6) is 0.101. The average Bonchev–Trinajstić information content (AvgIpc) is 2.41. The van der Waals surface area contributed by atoms with Crippen LogP contribution in [0.25, 0.3) is 0 Å². The fourth-order valence-corrected chi connectivity index (χ4v) is 2.84. The van der Waals surface area contributed by atoms with Gasteiger partial charge in [-0.15, -0.1) is 0 Å². The molecule has 0 aliphatic carbocycles. The van der Waals surface area contributed by atoms with Crippen molar-refractivity contribution in [2.45, 2.75) is 18.9 Å². The lowest BCUT2D eigenvalue weighted by Gasteiger charge is -2.32. The summed E-state index contributed by atoms with van der Waals surface area (Å²) in [6, 6.07) is 5.86. The van der Waals surface area contributed by atoms with Gasteiger partial charge < -0.3 is 10.2 Å². The van der Waals surface area contributed by atoms with Crippen LogP contribution in [0.1, 0.15) is 23.2 Å². The lowest BCUT2D eigenvalue weighted by Crippen LogP contribution is -2.46. The number of nitrogens with one attached hydrogen (secondary N) is 1. The number of nitrogens with zero attached hydrogens (tertiary/aromatic N) is 1. The van der Waals surface area contributed by atoms with Crippen molar-refractivity contribution in [3.63, 3.8) is 0 Å². The average molecular weight is 379 g/mol. The maximum atomic E-state index is 12.4. The largest absolute Gasteiger partial charge is 0.337 e.